The fraction of sp³-hybridized carbons (Fsp3) is 0.133. The number of rotatable bonds is 9. The van der Waals surface area contributed by atoms with Gasteiger partial charge >= 0.3 is 0 Å². The Labute approximate surface area is 239 Å². The summed E-state index contributed by atoms with van der Waals surface area (Å²) in [4.78, 5) is 28.2. The lowest BCUT2D eigenvalue weighted by Gasteiger charge is -2.24. The number of hydrogen-bond acceptors (Lipinski definition) is 7. The predicted molar refractivity (Wildman–Crippen MR) is 157 cm³/mol. The molecule has 1 aliphatic heterocycles. The van der Waals surface area contributed by atoms with Crippen molar-refractivity contribution in [1.29, 1.82) is 0 Å². The molecular formula is C30H24ClN3O3S2. The van der Waals surface area contributed by atoms with Crippen molar-refractivity contribution in [1.82, 2.24) is 10.2 Å². The number of aliphatic hydroxyl groups excluding tert-OH is 1. The lowest BCUT2D eigenvalue weighted by molar-refractivity contribution is -0.117. The molecule has 0 radical (unpaired) electrons. The maximum absolute atomic E-state index is 13.4. The Balaban J connectivity index is 1.45. The Morgan fingerprint density at radius 2 is 1.72 bits per heavy atom. The van der Waals surface area contributed by atoms with Crippen molar-refractivity contribution < 1.29 is 14.7 Å². The molecular weight excluding hydrogens is 550 g/mol. The van der Waals surface area contributed by atoms with Gasteiger partial charge in [-0.05, 0) is 46.9 Å². The van der Waals surface area contributed by atoms with Crippen molar-refractivity contribution in [3.63, 3.8) is 0 Å². The van der Waals surface area contributed by atoms with Gasteiger partial charge in [0.15, 0.2) is 15.9 Å². The lowest BCUT2D eigenvalue weighted by Crippen LogP contribution is -2.30. The zero-order valence-electron chi connectivity index (χ0n) is 21.0. The Morgan fingerprint density at radius 1 is 1.03 bits per heavy atom. The highest BCUT2D eigenvalue weighted by Gasteiger charge is 2.45. The van der Waals surface area contributed by atoms with Crippen LogP contribution < -0.4 is 4.90 Å². The van der Waals surface area contributed by atoms with Gasteiger partial charge in [0.2, 0.25) is 5.13 Å². The molecule has 1 N–H and O–H groups in total. The first kappa shape index (κ1) is 26.9. The molecule has 0 saturated carbocycles. The second-order valence-corrected chi connectivity index (χ2v) is 11.4. The first-order valence-electron chi connectivity index (χ1n) is 12.3. The van der Waals surface area contributed by atoms with Crippen LogP contribution in [0.3, 0.4) is 0 Å². The molecule has 196 valence electrons. The number of thioether (sulfide) groups is 1. The van der Waals surface area contributed by atoms with Crippen LogP contribution in [0.4, 0.5) is 5.13 Å². The molecule has 2 heterocycles. The van der Waals surface area contributed by atoms with Gasteiger partial charge in [-0.2, -0.15) is 0 Å². The number of aliphatic hydroxyl groups is 1. The van der Waals surface area contributed by atoms with Gasteiger partial charge in [-0.25, -0.2) is 0 Å². The van der Waals surface area contributed by atoms with Gasteiger partial charge < -0.3 is 5.11 Å². The largest absolute Gasteiger partial charge is 0.503 e. The van der Waals surface area contributed by atoms with Crippen molar-refractivity contribution in [3.8, 4) is 0 Å². The van der Waals surface area contributed by atoms with Gasteiger partial charge in [0.05, 0.1) is 11.6 Å². The molecule has 0 spiro atoms. The number of aryl methyl sites for hydroxylation is 1. The van der Waals surface area contributed by atoms with Crippen molar-refractivity contribution in [2.24, 2.45) is 0 Å². The third-order valence-corrected chi connectivity index (χ3v) is 8.66. The minimum absolute atomic E-state index is 0.0157. The van der Waals surface area contributed by atoms with E-state index in [1.54, 1.807) is 6.08 Å². The lowest BCUT2D eigenvalue weighted by atomic mass is 9.95. The summed E-state index contributed by atoms with van der Waals surface area (Å²) >= 11 is 8.71. The quantitative estimate of drug-likeness (QED) is 0.129. The van der Waals surface area contributed by atoms with Crippen molar-refractivity contribution >= 4 is 57.6 Å². The number of ketones is 1. The summed E-state index contributed by atoms with van der Waals surface area (Å²) in [5, 5.41) is 20.5. The molecule has 1 amide bonds. The first-order valence-corrected chi connectivity index (χ1v) is 14.5. The van der Waals surface area contributed by atoms with Crippen molar-refractivity contribution in [2.45, 2.75) is 29.5 Å². The van der Waals surface area contributed by atoms with Crippen LogP contribution in [-0.4, -0.2) is 27.0 Å². The molecule has 1 aromatic heterocycles. The van der Waals surface area contributed by atoms with E-state index in [1.165, 1.54) is 34.1 Å². The van der Waals surface area contributed by atoms with Gasteiger partial charge in [0.25, 0.3) is 5.91 Å². The maximum Gasteiger partial charge on any atom is 0.296 e. The Morgan fingerprint density at radius 3 is 2.41 bits per heavy atom. The van der Waals surface area contributed by atoms with E-state index in [4.69, 9.17) is 11.6 Å². The SMILES string of the molecule is CCc1ccc(C2C(C(=O)/C=C/c3ccccc3)=C(O)C(=O)N2c2nnc(SCc3ccc(Cl)cc3)s2)cc1. The van der Waals surface area contributed by atoms with Crippen LogP contribution in [0.15, 0.2) is 101 Å². The number of hydrogen-bond donors (Lipinski definition) is 1. The monoisotopic (exact) mass is 573 g/mol. The van der Waals surface area contributed by atoms with E-state index in [0.717, 1.165) is 23.1 Å². The Hall–Kier alpha value is -3.72. The average molecular weight is 574 g/mol. The minimum Gasteiger partial charge on any atom is -0.503 e. The summed E-state index contributed by atoms with van der Waals surface area (Å²) < 4.78 is 0.663. The number of carbonyl (C=O) groups excluding carboxylic acids is 2. The summed E-state index contributed by atoms with van der Waals surface area (Å²) in [5.41, 5.74) is 3.75. The zero-order valence-corrected chi connectivity index (χ0v) is 23.3. The molecule has 9 heteroatoms. The van der Waals surface area contributed by atoms with Crippen LogP contribution >= 0.6 is 34.7 Å². The molecule has 39 heavy (non-hydrogen) atoms. The number of benzene rings is 3. The number of aromatic nitrogens is 2. The van der Waals surface area contributed by atoms with Gasteiger partial charge in [0, 0.05) is 10.8 Å². The van der Waals surface area contributed by atoms with E-state index in [0.29, 0.717) is 25.8 Å². The number of allylic oxidation sites excluding steroid dienone is 1. The standard InChI is InChI=1S/C30H24ClN3O3S2/c1-2-19-8-13-22(14-9-19)26-25(24(35)17-12-20-6-4-3-5-7-20)27(36)28(37)34(26)29-32-33-30(39-29)38-18-21-10-15-23(31)16-11-21/h3-17,26,36H,2,18H2,1H3/b17-12+. The third-order valence-electron chi connectivity index (χ3n) is 6.28. The fourth-order valence-corrected chi connectivity index (χ4v) is 6.16. The van der Waals surface area contributed by atoms with Crippen molar-refractivity contribution in [2.75, 3.05) is 4.90 Å². The third kappa shape index (κ3) is 5.98. The number of carbonyl (C=O) groups is 2. The van der Waals surface area contributed by atoms with Gasteiger partial charge in [-0.1, -0.05) is 114 Å². The first-order chi connectivity index (χ1) is 18.9. The molecule has 5 rings (SSSR count). The highest BCUT2D eigenvalue weighted by Crippen LogP contribution is 2.43. The molecule has 0 bridgehead atoms. The van der Waals surface area contributed by atoms with E-state index in [-0.39, 0.29) is 5.57 Å². The van der Waals surface area contributed by atoms with Crippen LogP contribution in [-0.2, 0) is 21.8 Å². The summed E-state index contributed by atoms with van der Waals surface area (Å²) in [6.45, 7) is 2.06. The Kier molecular flexibility index (Phi) is 8.26. The van der Waals surface area contributed by atoms with E-state index >= 15 is 0 Å². The number of halogens is 1. The van der Waals surface area contributed by atoms with Gasteiger partial charge in [-0.3, -0.25) is 14.5 Å². The predicted octanol–water partition coefficient (Wildman–Crippen LogP) is 7.23. The van der Waals surface area contributed by atoms with Crippen LogP contribution in [0.25, 0.3) is 6.08 Å². The van der Waals surface area contributed by atoms with E-state index in [1.807, 2.05) is 78.9 Å². The van der Waals surface area contributed by atoms with Gasteiger partial charge in [-0.15, -0.1) is 10.2 Å². The van der Waals surface area contributed by atoms with Crippen LogP contribution in [0.2, 0.25) is 5.02 Å². The number of nitrogens with zero attached hydrogens (tertiary/aromatic N) is 3. The van der Waals surface area contributed by atoms with Gasteiger partial charge in [0.1, 0.15) is 0 Å². The molecule has 4 aromatic rings. The second kappa shape index (κ2) is 12.0. The number of amides is 1. The highest BCUT2D eigenvalue weighted by molar-refractivity contribution is 8.00. The normalized spacial score (nSPS) is 15.5. The van der Waals surface area contributed by atoms with E-state index < -0.39 is 23.5 Å². The second-order valence-electron chi connectivity index (χ2n) is 8.81. The minimum atomic E-state index is -0.835. The topological polar surface area (TPSA) is 83.4 Å². The maximum atomic E-state index is 13.4. The molecule has 0 aliphatic carbocycles. The van der Waals surface area contributed by atoms with E-state index in [9.17, 15) is 14.7 Å². The van der Waals surface area contributed by atoms with Crippen LogP contribution in [0, 0.1) is 0 Å². The highest BCUT2D eigenvalue weighted by atomic mass is 35.5. The fourth-order valence-electron chi connectivity index (χ4n) is 4.22. The molecule has 1 aliphatic rings. The summed E-state index contributed by atoms with van der Waals surface area (Å²) in [5.74, 6) is -1.05. The summed E-state index contributed by atoms with van der Waals surface area (Å²) in [7, 11) is 0. The molecule has 6 nitrogen and oxygen atoms in total. The molecule has 0 fully saturated rings. The van der Waals surface area contributed by atoms with Crippen molar-refractivity contribution in [3.05, 3.63) is 124 Å². The van der Waals surface area contributed by atoms with E-state index in [2.05, 4.69) is 17.1 Å². The smallest absolute Gasteiger partial charge is 0.296 e. The molecule has 3 aromatic carbocycles. The Bertz CT molecular complexity index is 1550. The van der Waals surface area contributed by atoms with Crippen LogP contribution in [0.1, 0.15) is 35.2 Å². The molecule has 1 unspecified atom stereocenters. The summed E-state index contributed by atoms with van der Waals surface area (Å²) in [6.07, 6.45) is 3.91. The molecule has 0 saturated heterocycles. The average Bonchev–Trinajstić information content (AvgIpc) is 3.54. The summed E-state index contributed by atoms with van der Waals surface area (Å²) in [6, 6.07) is 23.8. The zero-order chi connectivity index (χ0) is 27.4. The number of anilines is 1. The molecule has 1 atom stereocenters. The van der Waals surface area contributed by atoms with Crippen LogP contribution in [0.5, 0.6) is 0 Å².